The van der Waals surface area contributed by atoms with Crippen molar-refractivity contribution < 1.29 is 14.7 Å². The Bertz CT molecular complexity index is 493. The predicted octanol–water partition coefficient (Wildman–Crippen LogP) is 1.70. The molecule has 5 nitrogen and oxygen atoms in total. The van der Waals surface area contributed by atoms with Crippen molar-refractivity contribution in [2.75, 3.05) is 0 Å². The summed E-state index contributed by atoms with van der Waals surface area (Å²) < 4.78 is 0. The number of carboxylic acids is 1. The first-order chi connectivity index (χ1) is 8.40. The van der Waals surface area contributed by atoms with E-state index >= 15 is 0 Å². The number of carbonyl (C=O) groups excluding carboxylic acids is 1. The molecule has 0 aromatic carbocycles. The van der Waals surface area contributed by atoms with Crippen LogP contribution >= 0.6 is 0 Å². The Labute approximate surface area is 105 Å². The molecule has 1 fully saturated rings. The van der Waals surface area contributed by atoms with Gasteiger partial charge >= 0.3 is 5.97 Å². The van der Waals surface area contributed by atoms with Crippen molar-refractivity contribution in [2.24, 2.45) is 5.92 Å². The molecule has 0 bridgehead atoms. The van der Waals surface area contributed by atoms with Crippen LogP contribution in [-0.4, -0.2) is 27.5 Å². The van der Waals surface area contributed by atoms with Gasteiger partial charge in [-0.2, -0.15) is 0 Å². The quantitative estimate of drug-likeness (QED) is 0.850. The molecule has 0 aliphatic heterocycles. The molecule has 0 saturated heterocycles. The normalized spacial score (nSPS) is 15.2. The number of carbonyl (C=O) groups is 2. The molecule has 18 heavy (non-hydrogen) atoms. The number of pyridine rings is 1. The topological polar surface area (TPSA) is 79.3 Å². The highest BCUT2D eigenvalue weighted by atomic mass is 16.4. The van der Waals surface area contributed by atoms with Gasteiger partial charge < -0.3 is 10.4 Å². The molecule has 0 radical (unpaired) electrons. The zero-order valence-corrected chi connectivity index (χ0v) is 10.4. The van der Waals surface area contributed by atoms with E-state index in [4.69, 9.17) is 5.11 Å². The molecule has 1 saturated carbocycles. The van der Waals surface area contributed by atoms with Gasteiger partial charge in [-0.15, -0.1) is 0 Å². The third kappa shape index (κ3) is 2.67. The highest BCUT2D eigenvalue weighted by Gasteiger charge is 2.38. The van der Waals surface area contributed by atoms with Crippen LogP contribution in [0.3, 0.4) is 0 Å². The molecule has 0 unspecified atom stereocenters. The predicted molar refractivity (Wildman–Crippen MR) is 65.5 cm³/mol. The van der Waals surface area contributed by atoms with Gasteiger partial charge in [0, 0.05) is 17.3 Å². The molecule has 1 aromatic heterocycles. The van der Waals surface area contributed by atoms with Crippen molar-refractivity contribution in [1.29, 1.82) is 0 Å². The number of aromatic carboxylic acids is 1. The Hall–Kier alpha value is -1.91. The monoisotopic (exact) mass is 248 g/mol. The summed E-state index contributed by atoms with van der Waals surface area (Å²) in [5.41, 5.74) is -0.0352. The Balaban J connectivity index is 2.13. The average molecular weight is 248 g/mol. The molecule has 1 aliphatic rings. The molecule has 0 spiro atoms. The Morgan fingerprint density at radius 1 is 1.44 bits per heavy atom. The molecule has 1 heterocycles. The van der Waals surface area contributed by atoms with Crippen LogP contribution in [-0.2, 0) is 0 Å². The summed E-state index contributed by atoms with van der Waals surface area (Å²) in [4.78, 5) is 26.5. The molecule has 1 aliphatic carbocycles. The lowest BCUT2D eigenvalue weighted by molar-refractivity contribution is 0.0690. The summed E-state index contributed by atoms with van der Waals surface area (Å²) in [6.07, 6.45) is 3.59. The fourth-order valence-corrected chi connectivity index (χ4v) is 1.96. The molecular weight excluding hydrogens is 232 g/mol. The third-order valence-corrected chi connectivity index (χ3v) is 3.27. The molecule has 0 atom stereocenters. The Morgan fingerprint density at radius 3 is 2.67 bits per heavy atom. The van der Waals surface area contributed by atoms with Crippen molar-refractivity contribution in [3.8, 4) is 0 Å². The molecule has 1 amide bonds. The van der Waals surface area contributed by atoms with E-state index in [2.05, 4.69) is 10.3 Å². The van der Waals surface area contributed by atoms with Gasteiger partial charge in [-0.1, -0.05) is 0 Å². The van der Waals surface area contributed by atoms with Crippen LogP contribution in [0.4, 0.5) is 0 Å². The summed E-state index contributed by atoms with van der Waals surface area (Å²) in [6.45, 7) is 3.98. The number of rotatable bonds is 4. The van der Waals surface area contributed by atoms with Gasteiger partial charge in [-0.3, -0.25) is 4.79 Å². The Kier molecular flexibility index (Phi) is 3.07. The van der Waals surface area contributed by atoms with E-state index in [0.717, 1.165) is 12.8 Å². The number of nitrogens with one attached hydrogen (secondary N) is 1. The number of amides is 1. The van der Waals surface area contributed by atoms with E-state index in [1.165, 1.54) is 18.3 Å². The third-order valence-electron chi connectivity index (χ3n) is 3.27. The SMILES string of the molecule is CC(C)(NC(=O)c1ccnc(C(=O)O)c1)C1CC1. The van der Waals surface area contributed by atoms with E-state index in [9.17, 15) is 9.59 Å². The van der Waals surface area contributed by atoms with Crippen LogP contribution in [0.15, 0.2) is 18.3 Å². The average Bonchev–Trinajstić information content (AvgIpc) is 3.12. The van der Waals surface area contributed by atoms with Crippen LogP contribution in [0.5, 0.6) is 0 Å². The first kappa shape index (κ1) is 12.5. The second-order valence-electron chi connectivity index (χ2n) is 5.18. The Morgan fingerprint density at radius 2 is 2.11 bits per heavy atom. The van der Waals surface area contributed by atoms with Crippen LogP contribution in [0.2, 0.25) is 0 Å². The lowest BCUT2D eigenvalue weighted by atomic mass is 9.98. The summed E-state index contributed by atoms with van der Waals surface area (Å²) in [5.74, 6) is -0.870. The first-order valence-corrected chi connectivity index (χ1v) is 5.92. The number of nitrogens with zero attached hydrogens (tertiary/aromatic N) is 1. The first-order valence-electron chi connectivity index (χ1n) is 5.92. The van der Waals surface area contributed by atoms with Gasteiger partial charge in [0.2, 0.25) is 0 Å². The maximum atomic E-state index is 12.0. The fourth-order valence-electron chi connectivity index (χ4n) is 1.96. The molecule has 2 N–H and O–H groups in total. The van der Waals surface area contributed by atoms with Crippen LogP contribution in [0.1, 0.15) is 47.5 Å². The smallest absolute Gasteiger partial charge is 0.354 e. The molecule has 5 heteroatoms. The van der Waals surface area contributed by atoms with Crippen molar-refractivity contribution >= 4 is 11.9 Å². The molecule has 2 rings (SSSR count). The zero-order valence-electron chi connectivity index (χ0n) is 10.4. The second kappa shape index (κ2) is 4.40. The molecular formula is C13H16N2O3. The van der Waals surface area contributed by atoms with E-state index in [1.54, 1.807) is 0 Å². The van der Waals surface area contributed by atoms with E-state index in [1.807, 2.05) is 13.8 Å². The largest absolute Gasteiger partial charge is 0.477 e. The summed E-state index contributed by atoms with van der Waals surface area (Å²) >= 11 is 0. The molecule has 1 aromatic rings. The van der Waals surface area contributed by atoms with Gasteiger partial charge in [0.05, 0.1) is 0 Å². The summed E-state index contributed by atoms with van der Waals surface area (Å²) in [6, 6.07) is 2.81. The van der Waals surface area contributed by atoms with Gasteiger partial charge in [0.25, 0.3) is 5.91 Å². The molecule has 96 valence electrons. The summed E-state index contributed by atoms with van der Waals surface area (Å²) in [7, 11) is 0. The maximum absolute atomic E-state index is 12.0. The van der Waals surface area contributed by atoms with Crippen molar-refractivity contribution in [3.05, 3.63) is 29.6 Å². The summed E-state index contributed by atoms with van der Waals surface area (Å²) in [5, 5.41) is 11.8. The van der Waals surface area contributed by atoms with Crippen LogP contribution in [0.25, 0.3) is 0 Å². The number of aromatic nitrogens is 1. The van der Waals surface area contributed by atoms with Gasteiger partial charge in [0.1, 0.15) is 5.69 Å². The van der Waals surface area contributed by atoms with E-state index in [-0.39, 0.29) is 17.1 Å². The van der Waals surface area contributed by atoms with Gasteiger partial charge in [-0.25, -0.2) is 9.78 Å². The van der Waals surface area contributed by atoms with Gasteiger partial charge in [-0.05, 0) is 44.7 Å². The minimum absolute atomic E-state index is 0.119. The van der Waals surface area contributed by atoms with Crippen molar-refractivity contribution in [1.82, 2.24) is 10.3 Å². The van der Waals surface area contributed by atoms with Crippen molar-refractivity contribution in [2.45, 2.75) is 32.2 Å². The number of hydrogen-bond donors (Lipinski definition) is 2. The van der Waals surface area contributed by atoms with Crippen LogP contribution in [0, 0.1) is 5.92 Å². The number of carboxylic acid groups (broad SMARTS) is 1. The fraction of sp³-hybridized carbons (Fsp3) is 0.462. The van der Waals surface area contributed by atoms with E-state index in [0.29, 0.717) is 11.5 Å². The number of hydrogen-bond acceptors (Lipinski definition) is 3. The minimum atomic E-state index is -1.13. The highest BCUT2D eigenvalue weighted by molar-refractivity contribution is 5.97. The maximum Gasteiger partial charge on any atom is 0.354 e. The standard InChI is InChI=1S/C13H16N2O3/c1-13(2,9-3-4-9)15-11(16)8-5-6-14-10(7-8)12(17)18/h5-7,9H,3-4H2,1-2H3,(H,15,16)(H,17,18). The van der Waals surface area contributed by atoms with Gasteiger partial charge in [0.15, 0.2) is 0 Å². The van der Waals surface area contributed by atoms with Crippen LogP contribution < -0.4 is 5.32 Å². The lowest BCUT2D eigenvalue weighted by Gasteiger charge is -2.26. The van der Waals surface area contributed by atoms with Crippen molar-refractivity contribution in [3.63, 3.8) is 0 Å². The minimum Gasteiger partial charge on any atom is -0.477 e. The lowest BCUT2D eigenvalue weighted by Crippen LogP contribution is -2.45. The highest BCUT2D eigenvalue weighted by Crippen LogP contribution is 2.39. The van der Waals surface area contributed by atoms with E-state index < -0.39 is 5.97 Å². The zero-order chi connectivity index (χ0) is 13.3. The second-order valence-corrected chi connectivity index (χ2v) is 5.18.